The summed E-state index contributed by atoms with van der Waals surface area (Å²) in [6, 6.07) is 16.9. The lowest BCUT2D eigenvalue weighted by Crippen LogP contribution is -2.28. The third kappa shape index (κ3) is 4.22. The van der Waals surface area contributed by atoms with Crippen LogP contribution in [0, 0.1) is 0 Å². The maximum atomic E-state index is 12.5. The summed E-state index contributed by atoms with van der Waals surface area (Å²) in [7, 11) is 0. The van der Waals surface area contributed by atoms with Gasteiger partial charge in [-0.2, -0.15) is 0 Å². The summed E-state index contributed by atoms with van der Waals surface area (Å²) in [5.41, 5.74) is 1.74. The first-order chi connectivity index (χ1) is 14.6. The second-order valence-electron chi connectivity index (χ2n) is 6.51. The van der Waals surface area contributed by atoms with Gasteiger partial charge in [-0.3, -0.25) is 23.9 Å². The number of fused-ring (bicyclic) bond motifs is 1. The van der Waals surface area contributed by atoms with Gasteiger partial charge >= 0.3 is 0 Å². The molecule has 2 aromatic heterocycles. The van der Waals surface area contributed by atoms with Crippen LogP contribution >= 0.6 is 0 Å². The molecule has 30 heavy (non-hydrogen) atoms. The van der Waals surface area contributed by atoms with Crippen LogP contribution < -0.4 is 16.2 Å². The lowest BCUT2D eigenvalue weighted by Gasteiger charge is -2.10. The summed E-state index contributed by atoms with van der Waals surface area (Å²) in [4.78, 5) is 45.5. The standard InChI is InChI=1S/C22H17N5O3/c28-20(13-27-14-24-19-7-2-1-6-18(19)22(27)30)25-17-5-3-4-15(12-17)21(29)26-16-8-10-23-11-9-16/h1-12,14H,13H2,(H,25,28)(H,23,26,29). The van der Waals surface area contributed by atoms with Gasteiger partial charge in [-0.15, -0.1) is 0 Å². The number of nitrogens with one attached hydrogen (secondary N) is 2. The molecule has 0 atom stereocenters. The molecule has 4 aromatic rings. The quantitative estimate of drug-likeness (QED) is 0.537. The van der Waals surface area contributed by atoms with Crippen molar-refractivity contribution in [1.82, 2.24) is 14.5 Å². The van der Waals surface area contributed by atoms with Crippen LogP contribution in [-0.4, -0.2) is 26.3 Å². The number of carbonyl (C=O) groups is 2. The van der Waals surface area contributed by atoms with Crippen molar-refractivity contribution in [2.45, 2.75) is 6.54 Å². The Morgan fingerprint density at radius 2 is 1.70 bits per heavy atom. The predicted molar refractivity (Wildman–Crippen MR) is 113 cm³/mol. The van der Waals surface area contributed by atoms with Crippen LogP contribution in [-0.2, 0) is 11.3 Å². The fourth-order valence-corrected chi connectivity index (χ4v) is 2.95. The van der Waals surface area contributed by atoms with E-state index in [-0.39, 0.29) is 18.0 Å². The number of nitrogens with zero attached hydrogens (tertiary/aromatic N) is 3. The van der Waals surface area contributed by atoms with Crippen LogP contribution in [0.15, 0.2) is 84.2 Å². The number of hydrogen-bond donors (Lipinski definition) is 2. The molecule has 0 aliphatic heterocycles. The van der Waals surface area contributed by atoms with E-state index in [1.807, 2.05) is 0 Å². The maximum absolute atomic E-state index is 12.5. The third-order valence-corrected chi connectivity index (χ3v) is 4.39. The van der Waals surface area contributed by atoms with Crippen molar-refractivity contribution in [3.8, 4) is 0 Å². The Hall–Kier alpha value is -4.33. The number of amides is 2. The second-order valence-corrected chi connectivity index (χ2v) is 6.51. The zero-order valence-corrected chi connectivity index (χ0v) is 15.8. The Balaban J connectivity index is 1.46. The smallest absolute Gasteiger partial charge is 0.261 e. The molecule has 0 spiro atoms. The maximum Gasteiger partial charge on any atom is 0.261 e. The molecule has 0 radical (unpaired) electrons. The molecule has 8 heteroatoms. The number of hydrogen-bond acceptors (Lipinski definition) is 5. The Labute approximate surface area is 171 Å². The number of rotatable bonds is 5. The molecule has 2 heterocycles. The molecule has 0 aliphatic rings. The van der Waals surface area contributed by atoms with Crippen LogP contribution in [0.1, 0.15) is 10.4 Å². The van der Waals surface area contributed by atoms with E-state index >= 15 is 0 Å². The van der Waals surface area contributed by atoms with Gasteiger partial charge in [0, 0.05) is 29.3 Å². The molecule has 8 nitrogen and oxygen atoms in total. The van der Waals surface area contributed by atoms with E-state index in [1.165, 1.54) is 10.9 Å². The lowest BCUT2D eigenvalue weighted by atomic mass is 10.2. The van der Waals surface area contributed by atoms with Crippen LogP contribution in [0.4, 0.5) is 11.4 Å². The van der Waals surface area contributed by atoms with Gasteiger partial charge in [0.05, 0.1) is 17.2 Å². The van der Waals surface area contributed by atoms with Gasteiger partial charge in [-0.1, -0.05) is 18.2 Å². The third-order valence-electron chi connectivity index (χ3n) is 4.39. The number of anilines is 2. The van der Waals surface area contributed by atoms with Gasteiger partial charge < -0.3 is 10.6 Å². The Kier molecular flexibility index (Phi) is 5.29. The number of benzene rings is 2. The average Bonchev–Trinajstić information content (AvgIpc) is 2.77. The summed E-state index contributed by atoms with van der Waals surface area (Å²) in [5, 5.41) is 5.91. The van der Waals surface area contributed by atoms with Crippen molar-refractivity contribution in [1.29, 1.82) is 0 Å². The highest BCUT2D eigenvalue weighted by atomic mass is 16.2. The van der Waals surface area contributed by atoms with Crippen LogP contribution in [0.25, 0.3) is 10.9 Å². The van der Waals surface area contributed by atoms with Gasteiger partial charge in [-0.25, -0.2) is 4.98 Å². The minimum Gasteiger partial charge on any atom is -0.325 e. The zero-order valence-electron chi connectivity index (χ0n) is 15.8. The van der Waals surface area contributed by atoms with Crippen molar-refractivity contribution in [2.24, 2.45) is 0 Å². The zero-order chi connectivity index (χ0) is 20.9. The van der Waals surface area contributed by atoms with Crippen molar-refractivity contribution in [3.05, 3.63) is 95.3 Å². The van der Waals surface area contributed by atoms with Crippen molar-refractivity contribution < 1.29 is 9.59 Å². The van der Waals surface area contributed by atoms with E-state index < -0.39 is 5.91 Å². The van der Waals surface area contributed by atoms with Crippen LogP contribution in [0.2, 0.25) is 0 Å². The SMILES string of the molecule is O=C(Cn1cnc2ccccc2c1=O)Nc1cccc(C(=O)Nc2ccncc2)c1. The number of aromatic nitrogens is 3. The molecule has 0 bridgehead atoms. The largest absolute Gasteiger partial charge is 0.325 e. The van der Waals surface area contributed by atoms with Gasteiger partial charge in [0.1, 0.15) is 6.54 Å². The molecular formula is C22H17N5O3. The van der Waals surface area contributed by atoms with E-state index in [0.29, 0.717) is 27.8 Å². The molecule has 2 N–H and O–H groups in total. The van der Waals surface area contributed by atoms with Crippen LogP contribution in [0.3, 0.4) is 0 Å². The summed E-state index contributed by atoms with van der Waals surface area (Å²) in [5.74, 6) is -0.715. The summed E-state index contributed by atoms with van der Waals surface area (Å²) in [6.45, 7) is -0.190. The number of carbonyl (C=O) groups excluding carboxylic acids is 2. The monoisotopic (exact) mass is 399 g/mol. The highest BCUT2D eigenvalue weighted by molar-refractivity contribution is 6.05. The van der Waals surface area contributed by atoms with E-state index in [1.54, 1.807) is 73.1 Å². The molecule has 0 fully saturated rings. The summed E-state index contributed by atoms with van der Waals surface area (Å²) in [6.07, 6.45) is 4.51. The first kappa shape index (κ1) is 19.0. The summed E-state index contributed by atoms with van der Waals surface area (Å²) >= 11 is 0. The van der Waals surface area contributed by atoms with E-state index in [4.69, 9.17) is 0 Å². The van der Waals surface area contributed by atoms with Crippen LogP contribution in [0.5, 0.6) is 0 Å². The molecule has 148 valence electrons. The second kappa shape index (κ2) is 8.36. The molecule has 0 saturated carbocycles. The molecule has 4 rings (SSSR count). The van der Waals surface area contributed by atoms with Gasteiger partial charge in [0.2, 0.25) is 5.91 Å². The molecule has 2 amide bonds. The fourth-order valence-electron chi connectivity index (χ4n) is 2.95. The molecule has 0 saturated heterocycles. The van der Waals surface area contributed by atoms with Crippen molar-refractivity contribution in [2.75, 3.05) is 10.6 Å². The van der Waals surface area contributed by atoms with Gasteiger partial charge in [-0.05, 0) is 42.5 Å². The minimum atomic E-state index is -0.402. The minimum absolute atomic E-state index is 0.190. The van der Waals surface area contributed by atoms with Crippen molar-refractivity contribution in [3.63, 3.8) is 0 Å². The Bertz CT molecular complexity index is 1280. The van der Waals surface area contributed by atoms with E-state index in [0.717, 1.165) is 0 Å². The topological polar surface area (TPSA) is 106 Å². The highest BCUT2D eigenvalue weighted by Crippen LogP contribution is 2.13. The van der Waals surface area contributed by atoms with Gasteiger partial charge in [0.25, 0.3) is 11.5 Å². The Morgan fingerprint density at radius 1 is 0.900 bits per heavy atom. The molecule has 0 aliphatic carbocycles. The van der Waals surface area contributed by atoms with E-state index in [9.17, 15) is 14.4 Å². The van der Waals surface area contributed by atoms with Crippen molar-refractivity contribution >= 4 is 34.1 Å². The van der Waals surface area contributed by atoms with E-state index in [2.05, 4.69) is 20.6 Å². The number of pyridine rings is 1. The average molecular weight is 399 g/mol. The van der Waals surface area contributed by atoms with Gasteiger partial charge in [0.15, 0.2) is 0 Å². The first-order valence-electron chi connectivity index (χ1n) is 9.15. The first-order valence-corrected chi connectivity index (χ1v) is 9.15. The Morgan fingerprint density at radius 3 is 2.53 bits per heavy atom. The molecule has 0 unspecified atom stereocenters. The number of para-hydroxylation sites is 1. The predicted octanol–water partition coefficient (Wildman–Crippen LogP) is 2.68. The molecular weight excluding hydrogens is 382 g/mol. The lowest BCUT2D eigenvalue weighted by molar-refractivity contribution is -0.116. The molecule has 2 aromatic carbocycles. The fraction of sp³-hybridized carbons (Fsp3) is 0.0455. The normalized spacial score (nSPS) is 10.5. The highest BCUT2D eigenvalue weighted by Gasteiger charge is 2.11. The summed E-state index contributed by atoms with van der Waals surface area (Å²) < 4.78 is 1.25.